The van der Waals surface area contributed by atoms with Crippen LogP contribution in [0.4, 0.5) is 8.78 Å². The van der Waals surface area contributed by atoms with Crippen molar-refractivity contribution in [2.24, 2.45) is 0 Å². The molecule has 1 aromatic carbocycles. The van der Waals surface area contributed by atoms with Crippen LogP contribution in [0.5, 0.6) is 0 Å². The number of aliphatic hydroxyl groups excluding tert-OH is 1. The molecule has 0 heterocycles. The predicted octanol–water partition coefficient (Wildman–Crippen LogP) is 1.83. The van der Waals surface area contributed by atoms with E-state index in [0.717, 1.165) is 6.07 Å². The third-order valence-corrected chi connectivity index (χ3v) is 2.07. The summed E-state index contributed by atoms with van der Waals surface area (Å²) in [4.78, 5) is 0. The van der Waals surface area contributed by atoms with Crippen LogP contribution in [0.1, 0.15) is 18.9 Å². The summed E-state index contributed by atoms with van der Waals surface area (Å²) < 4.78 is 25.7. The first-order valence-corrected chi connectivity index (χ1v) is 4.92. The molecule has 1 aromatic rings. The summed E-state index contributed by atoms with van der Waals surface area (Å²) in [5.74, 6) is -1.11. The van der Waals surface area contributed by atoms with Gasteiger partial charge in [-0.15, -0.1) is 0 Å². The van der Waals surface area contributed by atoms with E-state index in [1.165, 1.54) is 12.1 Å². The molecule has 0 fully saturated rings. The molecular formula is C11H15F2NO. The molecule has 15 heavy (non-hydrogen) atoms. The van der Waals surface area contributed by atoms with Crippen LogP contribution in [0.25, 0.3) is 0 Å². The lowest BCUT2D eigenvalue weighted by atomic mass is 10.2. The first-order valence-electron chi connectivity index (χ1n) is 4.92. The van der Waals surface area contributed by atoms with Gasteiger partial charge in [0.2, 0.25) is 0 Å². The van der Waals surface area contributed by atoms with Crippen molar-refractivity contribution in [3.05, 3.63) is 35.4 Å². The topological polar surface area (TPSA) is 32.3 Å². The van der Waals surface area contributed by atoms with Gasteiger partial charge >= 0.3 is 0 Å². The van der Waals surface area contributed by atoms with E-state index in [4.69, 9.17) is 5.11 Å². The van der Waals surface area contributed by atoms with Crippen molar-refractivity contribution in [1.82, 2.24) is 5.32 Å². The van der Waals surface area contributed by atoms with Crippen molar-refractivity contribution in [1.29, 1.82) is 0 Å². The maximum absolute atomic E-state index is 13.1. The molecule has 2 N–H and O–H groups in total. The number of nitrogens with one attached hydrogen (secondary N) is 1. The highest BCUT2D eigenvalue weighted by atomic mass is 19.1. The van der Waals surface area contributed by atoms with Gasteiger partial charge in [0.05, 0.1) is 6.10 Å². The Labute approximate surface area is 87.9 Å². The van der Waals surface area contributed by atoms with E-state index in [-0.39, 0.29) is 6.10 Å². The van der Waals surface area contributed by atoms with Crippen molar-refractivity contribution >= 4 is 0 Å². The molecule has 0 amide bonds. The van der Waals surface area contributed by atoms with Crippen molar-refractivity contribution < 1.29 is 13.9 Å². The SMILES string of the molecule is C[C@@H](O)CCNCc1ccc(F)cc1F. The minimum atomic E-state index is -0.569. The molecule has 0 aliphatic carbocycles. The number of aliphatic hydroxyl groups is 1. The van der Waals surface area contributed by atoms with Gasteiger partial charge in [0.15, 0.2) is 0 Å². The highest BCUT2D eigenvalue weighted by Gasteiger charge is 2.03. The van der Waals surface area contributed by atoms with E-state index in [1.54, 1.807) is 6.92 Å². The molecule has 0 saturated heterocycles. The summed E-state index contributed by atoms with van der Waals surface area (Å²) >= 11 is 0. The molecule has 0 bridgehead atoms. The average Bonchev–Trinajstić information content (AvgIpc) is 2.14. The highest BCUT2D eigenvalue weighted by Crippen LogP contribution is 2.08. The zero-order valence-corrected chi connectivity index (χ0v) is 8.63. The summed E-state index contributed by atoms with van der Waals surface area (Å²) in [7, 11) is 0. The normalized spacial score (nSPS) is 12.8. The summed E-state index contributed by atoms with van der Waals surface area (Å²) in [6.45, 7) is 2.65. The van der Waals surface area contributed by atoms with Crippen molar-refractivity contribution in [2.75, 3.05) is 6.54 Å². The van der Waals surface area contributed by atoms with Crippen LogP contribution < -0.4 is 5.32 Å². The van der Waals surface area contributed by atoms with E-state index >= 15 is 0 Å². The first-order chi connectivity index (χ1) is 7.09. The molecular weight excluding hydrogens is 200 g/mol. The Bertz CT molecular complexity index is 315. The first kappa shape index (κ1) is 12.1. The molecule has 4 heteroatoms. The Kier molecular flexibility index (Phi) is 4.65. The Balaban J connectivity index is 2.37. The Morgan fingerprint density at radius 1 is 1.40 bits per heavy atom. The summed E-state index contributed by atoms with van der Waals surface area (Å²) in [6.07, 6.45) is 0.249. The van der Waals surface area contributed by atoms with Gasteiger partial charge in [0.25, 0.3) is 0 Å². The minimum Gasteiger partial charge on any atom is -0.393 e. The van der Waals surface area contributed by atoms with Crippen LogP contribution >= 0.6 is 0 Å². The van der Waals surface area contributed by atoms with Crippen LogP contribution in [0.2, 0.25) is 0 Å². The maximum atomic E-state index is 13.1. The van der Waals surface area contributed by atoms with Crippen molar-refractivity contribution in [3.8, 4) is 0 Å². The van der Waals surface area contributed by atoms with Crippen LogP contribution in [0.3, 0.4) is 0 Å². The molecule has 2 nitrogen and oxygen atoms in total. The van der Waals surface area contributed by atoms with Crippen molar-refractivity contribution in [2.45, 2.75) is 26.0 Å². The number of benzene rings is 1. The largest absolute Gasteiger partial charge is 0.393 e. The summed E-state index contributed by atoms with van der Waals surface area (Å²) in [5, 5.41) is 11.9. The molecule has 0 spiro atoms. The van der Waals surface area contributed by atoms with Gasteiger partial charge in [0, 0.05) is 18.2 Å². The fourth-order valence-corrected chi connectivity index (χ4v) is 1.20. The highest BCUT2D eigenvalue weighted by molar-refractivity contribution is 5.18. The Morgan fingerprint density at radius 3 is 2.73 bits per heavy atom. The van der Waals surface area contributed by atoms with Crippen LogP contribution in [0, 0.1) is 11.6 Å². The molecule has 84 valence electrons. The van der Waals surface area contributed by atoms with E-state index < -0.39 is 11.6 Å². The quantitative estimate of drug-likeness (QED) is 0.734. The number of rotatable bonds is 5. The van der Waals surface area contributed by atoms with Gasteiger partial charge in [-0.1, -0.05) is 6.07 Å². The van der Waals surface area contributed by atoms with Gasteiger partial charge in [-0.3, -0.25) is 0 Å². The number of hydrogen-bond donors (Lipinski definition) is 2. The predicted molar refractivity (Wildman–Crippen MR) is 54.4 cm³/mol. The molecule has 0 aliphatic heterocycles. The van der Waals surface area contributed by atoms with E-state index in [9.17, 15) is 8.78 Å². The van der Waals surface area contributed by atoms with E-state index in [1.807, 2.05) is 0 Å². The second-order valence-corrected chi connectivity index (χ2v) is 3.55. The third kappa shape index (κ3) is 4.36. The standard InChI is InChI=1S/C11H15F2NO/c1-8(15)4-5-14-7-9-2-3-10(12)6-11(9)13/h2-3,6,8,14-15H,4-5,7H2,1H3/t8-/m1/s1. The maximum Gasteiger partial charge on any atom is 0.130 e. The zero-order chi connectivity index (χ0) is 11.3. The van der Waals surface area contributed by atoms with Gasteiger partial charge in [-0.25, -0.2) is 8.78 Å². The van der Waals surface area contributed by atoms with Crippen LogP contribution in [-0.4, -0.2) is 17.8 Å². The van der Waals surface area contributed by atoms with Gasteiger partial charge in [-0.05, 0) is 26.0 Å². The van der Waals surface area contributed by atoms with Gasteiger partial charge in [-0.2, -0.15) is 0 Å². The lowest BCUT2D eigenvalue weighted by Crippen LogP contribution is -2.19. The average molecular weight is 215 g/mol. The summed E-state index contributed by atoms with van der Waals surface area (Å²) in [5.41, 5.74) is 0.432. The third-order valence-electron chi connectivity index (χ3n) is 2.07. The van der Waals surface area contributed by atoms with E-state index in [2.05, 4.69) is 5.32 Å². The second-order valence-electron chi connectivity index (χ2n) is 3.55. The van der Waals surface area contributed by atoms with Gasteiger partial charge < -0.3 is 10.4 Å². The molecule has 1 rings (SSSR count). The molecule has 0 aromatic heterocycles. The lowest BCUT2D eigenvalue weighted by molar-refractivity contribution is 0.183. The molecule has 0 unspecified atom stereocenters. The molecule has 1 atom stereocenters. The summed E-state index contributed by atoms with van der Waals surface area (Å²) in [6, 6.07) is 3.51. The van der Waals surface area contributed by atoms with Gasteiger partial charge in [0.1, 0.15) is 11.6 Å². The van der Waals surface area contributed by atoms with Crippen LogP contribution in [-0.2, 0) is 6.54 Å². The Hall–Kier alpha value is -1.00. The van der Waals surface area contributed by atoms with Crippen molar-refractivity contribution in [3.63, 3.8) is 0 Å². The number of hydrogen-bond acceptors (Lipinski definition) is 2. The lowest BCUT2D eigenvalue weighted by Gasteiger charge is -2.07. The Morgan fingerprint density at radius 2 is 2.13 bits per heavy atom. The smallest absolute Gasteiger partial charge is 0.130 e. The zero-order valence-electron chi connectivity index (χ0n) is 8.63. The monoisotopic (exact) mass is 215 g/mol. The van der Waals surface area contributed by atoms with Crippen LogP contribution in [0.15, 0.2) is 18.2 Å². The molecule has 0 aliphatic rings. The fraction of sp³-hybridized carbons (Fsp3) is 0.455. The minimum absolute atomic E-state index is 0.346. The molecule has 0 radical (unpaired) electrons. The van der Waals surface area contributed by atoms with E-state index in [0.29, 0.717) is 25.1 Å². The fourth-order valence-electron chi connectivity index (χ4n) is 1.20. The number of halogens is 2. The second kappa shape index (κ2) is 5.78. The molecule has 0 saturated carbocycles.